The number of nitrogens with one attached hydrogen (secondary N) is 1. The number of carbonyl (C=O) groups excluding carboxylic acids is 3. The van der Waals surface area contributed by atoms with Crippen LogP contribution in [-0.4, -0.2) is 42.4 Å². The summed E-state index contributed by atoms with van der Waals surface area (Å²) >= 11 is 0. The molecule has 1 N–H and O–H groups in total. The largest absolute Gasteiger partial charge is 0.486 e. The zero-order chi connectivity index (χ0) is 18.4. The summed E-state index contributed by atoms with van der Waals surface area (Å²) in [5.41, 5.74) is -1.29. The molecule has 3 amide bonds. The van der Waals surface area contributed by atoms with Crippen LogP contribution in [0.25, 0.3) is 0 Å². The van der Waals surface area contributed by atoms with Gasteiger partial charge in [-0.2, -0.15) is 0 Å². The van der Waals surface area contributed by atoms with Crippen molar-refractivity contribution in [2.45, 2.75) is 33.2 Å². The van der Waals surface area contributed by atoms with E-state index < -0.39 is 22.9 Å². The van der Waals surface area contributed by atoms with E-state index in [1.54, 1.807) is 45.9 Å². The van der Waals surface area contributed by atoms with Crippen LogP contribution in [0.5, 0.6) is 11.5 Å². The van der Waals surface area contributed by atoms with Gasteiger partial charge in [0.2, 0.25) is 0 Å². The molecule has 3 rings (SSSR count). The summed E-state index contributed by atoms with van der Waals surface area (Å²) < 4.78 is 11.0. The van der Waals surface area contributed by atoms with E-state index >= 15 is 0 Å². The van der Waals surface area contributed by atoms with Gasteiger partial charge in [0.05, 0.1) is 6.54 Å². The number of fused-ring (bicyclic) bond motifs is 1. The number of carbonyl (C=O) groups is 3. The highest BCUT2D eigenvalue weighted by Crippen LogP contribution is 2.37. The Morgan fingerprint density at radius 1 is 1.20 bits per heavy atom. The molecule has 0 bridgehead atoms. The molecule has 2 aliphatic heterocycles. The van der Waals surface area contributed by atoms with Crippen molar-refractivity contribution in [2.24, 2.45) is 5.41 Å². The topological polar surface area (TPSA) is 84.9 Å². The first-order chi connectivity index (χ1) is 11.6. The molecule has 1 aromatic rings. The normalized spacial score (nSPS) is 22.8. The first-order valence-electron chi connectivity index (χ1n) is 8.20. The minimum absolute atomic E-state index is 0.178. The molecule has 1 aromatic carbocycles. The van der Waals surface area contributed by atoms with Gasteiger partial charge >= 0.3 is 6.03 Å². The summed E-state index contributed by atoms with van der Waals surface area (Å²) in [6, 6.07) is 4.57. The van der Waals surface area contributed by atoms with E-state index in [1.165, 1.54) is 0 Å². The van der Waals surface area contributed by atoms with Crippen molar-refractivity contribution in [1.29, 1.82) is 0 Å². The van der Waals surface area contributed by atoms with Gasteiger partial charge in [-0.05, 0) is 24.6 Å². The van der Waals surface area contributed by atoms with Gasteiger partial charge < -0.3 is 14.8 Å². The summed E-state index contributed by atoms with van der Waals surface area (Å²) in [6.45, 7) is 7.56. The maximum Gasteiger partial charge on any atom is 0.325 e. The number of nitrogens with zero attached hydrogens (tertiary/aromatic N) is 1. The van der Waals surface area contributed by atoms with Crippen molar-refractivity contribution in [3.05, 3.63) is 23.8 Å². The molecule has 7 heteroatoms. The summed E-state index contributed by atoms with van der Waals surface area (Å²) in [7, 11) is 0. The van der Waals surface area contributed by atoms with E-state index in [0.29, 0.717) is 30.3 Å². The van der Waals surface area contributed by atoms with E-state index in [9.17, 15) is 14.4 Å². The van der Waals surface area contributed by atoms with Crippen molar-refractivity contribution >= 4 is 17.7 Å². The molecule has 0 aliphatic carbocycles. The SMILES string of the molecule is CC(C)(C)C(=O)CN1C(=O)NC(C)(c2ccc3c(c2)OCCO3)C1=O. The average Bonchev–Trinajstić information content (AvgIpc) is 2.77. The van der Waals surface area contributed by atoms with Gasteiger partial charge in [0, 0.05) is 5.41 Å². The Labute approximate surface area is 146 Å². The van der Waals surface area contributed by atoms with Crippen molar-refractivity contribution in [3.8, 4) is 11.5 Å². The number of rotatable bonds is 3. The van der Waals surface area contributed by atoms with Crippen LogP contribution in [0.4, 0.5) is 4.79 Å². The van der Waals surface area contributed by atoms with Crippen molar-refractivity contribution in [3.63, 3.8) is 0 Å². The van der Waals surface area contributed by atoms with Crippen LogP contribution in [-0.2, 0) is 15.1 Å². The monoisotopic (exact) mass is 346 g/mol. The van der Waals surface area contributed by atoms with Crippen LogP contribution in [0, 0.1) is 5.41 Å². The van der Waals surface area contributed by atoms with Gasteiger partial charge in [0.15, 0.2) is 17.3 Å². The number of hydrogen-bond donors (Lipinski definition) is 1. The first kappa shape index (κ1) is 17.3. The molecule has 0 spiro atoms. The first-order valence-corrected chi connectivity index (χ1v) is 8.20. The van der Waals surface area contributed by atoms with E-state index in [-0.39, 0.29) is 12.3 Å². The van der Waals surface area contributed by atoms with Crippen LogP contribution >= 0.6 is 0 Å². The van der Waals surface area contributed by atoms with Crippen molar-refractivity contribution in [1.82, 2.24) is 10.2 Å². The Morgan fingerprint density at radius 2 is 1.84 bits per heavy atom. The number of ether oxygens (including phenoxy) is 2. The molecule has 25 heavy (non-hydrogen) atoms. The predicted octanol–water partition coefficient (Wildman–Crippen LogP) is 1.84. The Hall–Kier alpha value is -2.57. The Morgan fingerprint density at radius 3 is 2.48 bits per heavy atom. The number of urea groups is 1. The Bertz CT molecular complexity index is 752. The number of imide groups is 1. The highest BCUT2D eigenvalue weighted by molar-refractivity contribution is 6.09. The lowest BCUT2D eigenvalue weighted by atomic mass is 9.89. The van der Waals surface area contributed by atoms with Gasteiger partial charge in [-0.15, -0.1) is 0 Å². The third kappa shape index (κ3) is 2.94. The second kappa shape index (κ2) is 5.75. The fraction of sp³-hybridized carbons (Fsp3) is 0.500. The molecule has 7 nitrogen and oxygen atoms in total. The fourth-order valence-corrected chi connectivity index (χ4v) is 2.77. The molecule has 134 valence electrons. The van der Waals surface area contributed by atoms with Gasteiger partial charge in [-0.1, -0.05) is 26.8 Å². The molecule has 1 atom stereocenters. The molecule has 0 radical (unpaired) electrons. The minimum atomic E-state index is -1.24. The third-order valence-corrected chi connectivity index (χ3v) is 4.53. The molecular formula is C18H22N2O5. The van der Waals surface area contributed by atoms with Gasteiger partial charge in [0.25, 0.3) is 5.91 Å². The van der Waals surface area contributed by atoms with Crippen LogP contribution in [0.1, 0.15) is 33.3 Å². The van der Waals surface area contributed by atoms with E-state index in [0.717, 1.165) is 4.90 Å². The molecule has 1 fully saturated rings. The predicted molar refractivity (Wildman–Crippen MR) is 89.5 cm³/mol. The second-order valence-electron chi connectivity index (χ2n) is 7.48. The van der Waals surface area contributed by atoms with Crippen LogP contribution < -0.4 is 14.8 Å². The number of Topliss-reactive ketones (excluding diaryl/α,β-unsaturated/α-hetero) is 1. The number of hydrogen-bond acceptors (Lipinski definition) is 5. The number of ketones is 1. The third-order valence-electron chi connectivity index (χ3n) is 4.53. The molecule has 2 heterocycles. The lowest BCUT2D eigenvalue weighted by molar-refractivity contribution is -0.136. The molecular weight excluding hydrogens is 324 g/mol. The quantitative estimate of drug-likeness (QED) is 0.844. The summed E-state index contributed by atoms with van der Waals surface area (Å²) in [5.74, 6) is 0.514. The van der Waals surface area contributed by atoms with Crippen LogP contribution in [0.2, 0.25) is 0 Å². The van der Waals surface area contributed by atoms with Gasteiger partial charge in [-0.25, -0.2) is 4.79 Å². The molecule has 1 saturated heterocycles. The highest BCUT2D eigenvalue weighted by Gasteiger charge is 2.50. The maximum absolute atomic E-state index is 12.9. The standard InChI is InChI=1S/C18H22N2O5/c1-17(2,3)14(21)10-20-15(22)18(4,19-16(20)23)11-5-6-12-13(9-11)25-8-7-24-12/h5-6,9H,7-8,10H2,1-4H3,(H,19,23). The molecule has 2 aliphatic rings. The van der Waals surface area contributed by atoms with E-state index in [4.69, 9.17) is 9.47 Å². The summed E-state index contributed by atoms with van der Waals surface area (Å²) in [4.78, 5) is 38.4. The minimum Gasteiger partial charge on any atom is -0.486 e. The van der Waals surface area contributed by atoms with Crippen molar-refractivity contribution < 1.29 is 23.9 Å². The smallest absolute Gasteiger partial charge is 0.325 e. The van der Waals surface area contributed by atoms with E-state index in [2.05, 4.69) is 5.32 Å². The number of amides is 3. The van der Waals surface area contributed by atoms with Crippen LogP contribution in [0.15, 0.2) is 18.2 Å². The maximum atomic E-state index is 12.9. The average molecular weight is 346 g/mol. The Balaban J connectivity index is 1.88. The summed E-state index contributed by atoms with van der Waals surface area (Å²) in [5, 5.41) is 2.70. The van der Waals surface area contributed by atoms with Crippen molar-refractivity contribution in [2.75, 3.05) is 19.8 Å². The second-order valence-corrected chi connectivity index (χ2v) is 7.48. The number of benzene rings is 1. The zero-order valence-electron chi connectivity index (χ0n) is 14.8. The molecule has 0 saturated carbocycles. The van der Waals surface area contributed by atoms with Crippen LogP contribution in [0.3, 0.4) is 0 Å². The molecule has 1 unspecified atom stereocenters. The highest BCUT2D eigenvalue weighted by atomic mass is 16.6. The fourth-order valence-electron chi connectivity index (χ4n) is 2.77. The lowest BCUT2D eigenvalue weighted by Crippen LogP contribution is -2.42. The van der Waals surface area contributed by atoms with Gasteiger partial charge in [0.1, 0.15) is 18.8 Å². The van der Waals surface area contributed by atoms with E-state index in [1.807, 2.05) is 0 Å². The lowest BCUT2D eigenvalue weighted by Gasteiger charge is -2.25. The zero-order valence-corrected chi connectivity index (χ0v) is 14.8. The summed E-state index contributed by atoms with van der Waals surface area (Å²) in [6.07, 6.45) is 0. The van der Waals surface area contributed by atoms with Gasteiger partial charge in [-0.3, -0.25) is 14.5 Å². The molecule has 0 aromatic heterocycles. The Kier molecular flexibility index (Phi) is 3.97.